The van der Waals surface area contributed by atoms with Gasteiger partial charge in [-0.05, 0) is 24.3 Å². The topological polar surface area (TPSA) is 88.7 Å². The predicted molar refractivity (Wildman–Crippen MR) is 63.2 cm³/mol. The average molecular weight is 228 g/mol. The highest BCUT2D eigenvalue weighted by Gasteiger charge is 2.12. The zero-order chi connectivity index (χ0) is 12.4. The molecule has 0 atom stereocenters. The second-order valence-electron chi connectivity index (χ2n) is 3.47. The molecular weight excluding hydrogens is 219 g/mol. The molecule has 0 amide bonds. The number of rotatable bonds is 1. The normalized spacial score (nSPS) is 9.88. The maximum atomic E-state index is 13.6. The van der Waals surface area contributed by atoms with Crippen molar-refractivity contribution in [3.05, 3.63) is 41.8 Å². The minimum Gasteiger partial charge on any atom is -0.397 e. The molecule has 2 rings (SSSR count). The molecule has 84 valence electrons. The maximum Gasteiger partial charge on any atom is 0.149 e. The van der Waals surface area contributed by atoms with E-state index < -0.39 is 5.82 Å². The Morgan fingerprint density at radius 1 is 1.29 bits per heavy atom. The summed E-state index contributed by atoms with van der Waals surface area (Å²) in [4.78, 5) is 3.91. The standard InChI is InChI=1S/C12H9FN4/c13-9-2-1-3-17-12(9)8-4-7(6-14)5-10(15)11(8)16/h1-5H,15-16H2. The highest BCUT2D eigenvalue weighted by molar-refractivity contribution is 5.84. The molecule has 4 nitrogen and oxygen atoms in total. The van der Waals surface area contributed by atoms with Gasteiger partial charge in [0.05, 0.1) is 23.0 Å². The van der Waals surface area contributed by atoms with Crippen LogP contribution in [0.4, 0.5) is 15.8 Å². The van der Waals surface area contributed by atoms with E-state index in [2.05, 4.69) is 4.98 Å². The Labute approximate surface area is 97.3 Å². The monoisotopic (exact) mass is 228 g/mol. The lowest BCUT2D eigenvalue weighted by Gasteiger charge is -2.09. The van der Waals surface area contributed by atoms with Crippen molar-refractivity contribution in [3.8, 4) is 17.3 Å². The fourth-order valence-corrected chi connectivity index (χ4v) is 1.52. The summed E-state index contributed by atoms with van der Waals surface area (Å²) in [5, 5.41) is 8.83. The second-order valence-corrected chi connectivity index (χ2v) is 3.47. The number of nitriles is 1. The summed E-state index contributed by atoms with van der Waals surface area (Å²) < 4.78 is 13.6. The third kappa shape index (κ3) is 1.88. The fraction of sp³-hybridized carbons (Fsp3) is 0. The van der Waals surface area contributed by atoms with Gasteiger partial charge in [0.15, 0.2) is 0 Å². The Balaban J connectivity index is 2.72. The van der Waals surface area contributed by atoms with E-state index in [0.717, 1.165) is 0 Å². The van der Waals surface area contributed by atoms with E-state index >= 15 is 0 Å². The first-order chi connectivity index (χ1) is 8.13. The van der Waals surface area contributed by atoms with Gasteiger partial charge in [0.2, 0.25) is 0 Å². The van der Waals surface area contributed by atoms with E-state index in [1.807, 2.05) is 6.07 Å². The SMILES string of the molecule is N#Cc1cc(N)c(N)c(-c2ncccc2F)c1. The third-order valence-corrected chi connectivity index (χ3v) is 2.35. The van der Waals surface area contributed by atoms with E-state index in [0.29, 0.717) is 11.1 Å². The molecule has 4 N–H and O–H groups in total. The number of nitrogens with zero attached hydrogens (tertiary/aromatic N) is 2. The van der Waals surface area contributed by atoms with Gasteiger partial charge in [-0.1, -0.05) is 0 Å². The summed E-state index contributed by atoms with van der Waals surface area (Å²) >= 11 is 0. The zero-order valence-electron chi connectivity index (χ0n) is 8.81. The van der Waals surface area contributed by atoms with Gasteiger partial charge in [0.1, 0.15) is 11.5 Å². The quantitative estimate of drug-likeness (QED) is 0.730. The third-order valence-electron chi connectivity index (χ3n) is 2.35. The van der Waals surface area contributed by atoms with Gasteiger partial charge >= 0.3 is 0 Å². The molecule has 0 saturated carbocycles. The van der Waals surface area contributed by atoms with E-state index in [4.69, 9.17) is 16.7 Å². The van der Waals surface area contributed by atoms with Gasteiger partial charge in [-0.15, -0.1) is 0 Å². The van der Waals surface area contributed by atoms with Gasteiger partial charge in [0.25, 0.3) is 0 Å². The molecule has 0 saturated heterocycles. The van der Waals surface area contributed by atoms with Crippen molar-refractivity contribution in [1.29, 1.82) is 5.26 Å². The van der Waals surface area contributed by atoms with Gasteiger partial charge in [-0.3, -0.25) is 4.98 Å². The van der Waals surface area contributed by atoms with Crippen molar-refractivity contribution in [2.75, 3.05) is 11.5 Å². The van der Waals surface area contributed by atoms with Gasteiger partial charge in [-0.2, -0.15) is 5.26 Å². The molecule has 0 radical (unpaired) electrons. The first-order valence-electron chi connectivity index (χ1n) is 4.83. The Morgan fingerprint density at radius 3 is 2.71 bits per heavy atom. The van der Waals surface area contributed by atoms with Crippen LogP contribution in [0.1, 0.15) is 5.56 Å². The molecule has 1 aromatic carbocycles. The Bertz CT molecular complexity index is 616. The van der Waals surface area contributed by atoms with Crippen molar-refractivity contribution in [3.63, 3.8) is 0 Å². The first-order valence-corrected chi connectivity index (χ1v) is 4.83. The Kier molecular flexibility index (Phi) is 2.63. The van der Waals surface area contributed by atoms with Crippen LogP contribution in [-0.4, -0.2) is 4.98 Å². The van der Waals surface area contributed by atoms with Crippen LogP contribution < -0.4 is 11.5 Å². The van der Waals surface area contributed by atoms with E-state index in [1.54, 1.807) is 0 Å². The average Bonchev–Trinajstić information content (AvgIpc) is 2.33. The van der Waals surface area contributed by atoms with Crippen molar-refractivity contribution < 1.29 is 4.39 Å². The number of nitrogen functional groups attached to an aromatic ring is 2. The molecule has 17 heavy (non-hydrogen) atoms. The van der Waals surface area contributed by atoms with Gasteiger partial charge in [0, 0.05) is 11.8 Å². The van der Waals surface area contributed by atoms with Gasteiger partial charge < -0.3 is 11.5 Å². The fourth-order valence-electron chi connectivity index (χ4n) is 1.52. The van der Waals surface area contributed by atoms with Crippen LogP contribution in [0.15, 0.2) is 30.5 Å². The Hall–Kier alpha value is -2.61. The summed E-state index contributed by atoms with van der Waals surface area (Å²) in [5.74, 6) is -0.506. The van der Waals surface area contributed by atoms with E-state index in [1.165, 1.54) is 30.5 Å². The zero-order valence-corrected chi connectivity index (χ0v) is 8.81. The lowest BCUT2D eigenvalue weighted by Crippen LogP contribution is -2.00. The van der Waals surface area contributed by atoms with Crippen LogP contribution in [0.3, 0.4) is 0 Å². The number of hydrogen-bond donors (Lipinski definition) is 2. The van der Waals surface area contributed by atoms with Crippen LogP contribution in [0.2, 0.25) is 0 Å². The molecule has 0 aliphatic rings. The number of benzene rings is 1. The highest BCUT2D eigenvalue weighted by atomic mass is 19.1. The van der Waals surface area contributed by atoms with Crippen LogP contribution in [0, 0.1) is 17.1 Å². The van der Waals surface area contributed by atoms with Crippen molar-refractivity contribution in [2.45, 2.75) is 0 Å². The summed E-state index contributed by atoms with van der Waals surface area (Å²) in [6.07, 6.45) is 1.45. The Morgan fingerprint density at radius 2 is 2.06 bits per heavy atom. The van der Waals surface area contributed by atoms with Crippen LogP contribution in [0.5, 0.6) is 0 Å². The largest absolute Gasteiger partial charge is 0.397 e. The number of pyridine rings is 1. The molecule has 1 heterocycles. The second kappa shape index (κ2) is 4.10. The summed E-state index contributed by atoms with van der Waals surface area (Å²) in [5.41, 5.74) is 12.6. The lowest BCUT2D eigenvalue weighted by atomic mass is 10.0. The smallest absolute Gasteiger partial charge is 0.149 e. The lowest BCUT2D eigenvalue weighted by molar-refractivity contribution is 0.626. The van der Waals surface area contributed by atoms with Crippen molar-refractivity contribution >= 4 is 11.4 Å². The van der Waals surface area contributed by atoms with Crippen LogP contribution in [-0.2, 0) is 0 Å². The highest BCUT2D eigenvalue weighted by Crippen LogP contribution is 2.31. The number of aromatic nitrogens is 1. The number of hydrogen-bond acceptors (Lipinski definition) is 4. The molecule has 5 heteroatoms. The summed E-state index contributed by atoms with van der Waals surface area (Å²) in [6, 6.07) is 7.61. The summed E-state index contributed by atoms with van der Waals surface area (Å²) in [7, 11) is 0. The number of halogens is 1. The minimum atomic E-state index is -0.506. The molecule has 0 aliphatic heterocycles. The molecule has 1 aromatic heterocycles. The number of anilines is 2. The molecule has 0 spiro atoms. The van der Waals surface area contributed by atoms with Gasteiger partial charge in [-0.25, -0.2) is 4.39 Å². The first kappa shape index (κ1) is 10.9. The predicted octanol–water partition coefficient (Wildman–Crippen LogP) is 1.92. The summed E-state index contributed by atoms with van der Waals surface area (Å²) in [6.45, 7) is 0. The van der Waals surface area contributed by atoms with Crippen molar-refractivity contribution in [2.24, 2.45) is 0 Å². The van der Waals surface area contributed by atoms with Crippen LogP contribution in [0.25, 0.3) is 11.3 Å². The van der Waals surface area contributed by atoms with Crippen LogP contribution >= 0.6 is 0 Å². The molecule has 0 bridgehead atoms. The van der Waals surface area contributed by atoms with Crippen molar-refractivity contribution in [1.82, 2.24) is 4.98 Å². The molecule has 2 aromatic rings. The molecule has 0 aliphatic carbocycles. The molecule has 0 fully saturated rings. The molecule has 0 unspecified atom stereocenters. The molecular formula is C12H9FN4. The van der Waals surface area contributed by atoms with E-state index in [9.17, 15) is 4.39 Å². The van der Waals surface area contributed by atoms with E-state index in [-0.39, 0.29) is 17.1 Å². The maximum absolute atomic E-state index is 13.6. The minimum absolute atomic E-state index is 0.0915. The number of nitrogens with two attached hydrogens (primary N) is 2.